The summed E-state index contributed by atoms with van der Waals surface area (Å²) in [5, 5.41) is 4.52. The van der Waals surface area contributed by atoms with Gasteiger partial charge in [0, 0.05) is 18.8 Å². The summed E-state index contributed by atoms with van der Waals surface area (Å²) < 4.78 is 1.98. The summed E-state index contributed by atoms with van der Waals surface area (Å²) in [5.74, 6) is -0.184. The topological polar surface area (TPSA) is 58.4 Å². The van der Waals surface area contributed by atoms with Crippen LogP contribution in [0.4, 0.5) is 0 Å². The standard InChI is InChI=1S/C18H28N4O2/c1-5-17(23)20(6-2)13-18(24)21-10-8-7-9-16(21)12-22-15(4)11-14(3)19-22/h5,11,16H,1,6-10,12-13H2,2-4H3. The van der Waals surface area contributed by atoms with Gasteiger partial charge in [0.15, 0.2) is 0 Å². The van der Waals surface area contributed by atoms with Gasteiger partial charge in [-0.3, -0.25) is 14.3 Å². The fourth-order valence-corrected chi connectivity index (χ4v) is 3.31. The Kier molecular flexibility index (Phi) is 6.17. The zero-order chi connectivity index (χ0) is 17.7. The lowest BCUT2D eigenvalue weighted by Gasteiger charge is -2.37. The van der Waals surface area contributed by atoms with Crippen LogP contribution in [-0.4, -0.2) is 57.1 Å². The van der Waals surface area contributed by atoms with E-state index < -0.39 is 0 Å². The minimum Gasteiger partial charge on any atom is -0.336 e. The van der Waals surface area contributed by atoms with Crippen molar-refractivity contribution in [2.75, 3.05) is 19.6 Å². The average Bonchev–Trinajstić information content (AvgIpc) is 2.89. The lowest BCUT2D eigenvalue weighted by Crippen LogP contribution is -2.50. The van der Waals surface area contributed by atoms with Gasteiger partial charge >= 0.3 is 0 Å². The van der Waals surface area contributed by atoms with E-state index >= 15 is 0 Å². The third-order valence-corrected chi connectivity index (χ3v) is 4.63. The third kappa shape index (κ3) is 4.24. The second-order valence-corrected chi connectivity index (χ2v) is 6.40. The Bertz CT molecular complexity index is 608. The maximum Gasteiger partial charge on any atom is 0.246 e. The minimum absolute atomic E-state index is 0.0123. The molecule has 24 heavy (non-hydrogen) atoms. The van der Waals surface area contributed by atoms with Crippen LogP contribution < -0.4 is 0 Å². The Morgan fingerprint density at radius 2 is 2.17 bits per heavy atom. The van der Waals surface area contributed by atoms with Crippen molar-refractivity contribution in [2.24, 2.45) is 0 Å². The van der Waals surface area contributed by atoms with E-state index in [9.17, 15) is 9.59 Å². The van der Waals surface area contributed by atoms with Crippen LogP contribution in [0.25, 0.3) is 0 Å². The first-order chi connectivity index (χ1) is 11.5. The Balaban J connectivity index is 2.07. The van der Waals surface area contributed by atoms with Crippen molar-refractivity contribution in [1.29, 1.82) is 0 Å². The summed E-state index contributed by atoms with van der Waals surface area (Å²) in [6.07, 6.45) is 4.38. The molecule has 6 heteroatoms. The number of aromatic nitrogens is 2. The van der Waals surface area contributed by atoms with Gasteiger partial charge in [0.05, 0.1) is 18.3 Å². The van der Waals surface area contributed by atoms with Crippen molar-refractivity contribution in [3.8, 4) is 0 Å². The molecule has 6 nitrogen and oxygen atoms in total. The highest BCUT2D eigenvalue weighted by atomic mass is 16.2. The number of piperidine rings is 1. The summed E-state index contributed by atoms with van der Waals surface area (Å²) in [4.78, 5) is 28.0. The van der Waals surface area contributed by atoms with Crippen LogP contribution >= 0.6 is 0 Å². The van der Waals surface area contributed by atoms with Crippen LogP contribution in [0.15, 0.2) is 18.7 Å². The zero-order valence-corrected chi connectivity index (χ0v) is 15.0. The summed E-state index contributed by atoms with van der Waals surface area (Å²) in [6.45, 7) is 11.5. The predicted molar refractivity (Wildman–Crippen MR) is 93.5 cm³/mol. The molecular formula is C18H28N4O2. The molecule has 1 unspecified atom stereocenters. The molecule has 2 rings (SSSR count). The van der Waals surface area contributed by atoms with Gasteiger partial charge in [-0.1, -0.05) is 6.58 Å². The molecule has 2 amide bonds. The first kappa shape index (κ1) is 18.2. The molecule has 0 N–H and O–H groups in total. The summed E-state index contributed by atoms with van der Waals surface area (Å²) in [7, 11) is 0. The van der Waals surface area contributed by atoms with Gasteiger partial charge < -0.3 is 9.80 Å². The molecular weight excluding hydrogens is 304 g/mol. The van der Waals surface area contributed by atoms with E-state index in [1.807, 2.05) is 30.4 Å². The van der Waals surface area contributed by atoms with E-state index in [0.29, 0.717) is 13.1 Å². The van der Waals surface area contributed by atoms with Gasteiger partial charge in [-0.2, -0.15) is 5.10 Å². The van der Waals surface area contributed by atoms with Crippen molar-refractivity contribution in [3.63, 3.8) is 0 Å². The van der Waals surface area contributed by atoms with Crippen molar-refractivity contribution in [3.05, 3.63) is 30.1 Å². The quantitative estimate of drug-likeness (QED) is 0.748. The van der Waals surface area contributed by atoms with Gasteiger partial charge in [0.2, 0.25) is 11.8 Å². The fraction of sp³-hybridized carbons (Fsp3) is 0.611. The lowest BCUT2D eigenvalue weighted by molar-refractivity contribution is -0.141. The summed E-state index contributed by atoms with van der Waals surface area (Å²) in [6, 6.07) is 2.19. The number of aryl methyl sites for hydroxylation is 2. The van der Waals surface area contributed by atoms with Crippen LogP contribution in [0.3, 0.4) is 0 Å². The SMILES string of the molecule is C=CC(=O)N(CC)CC(=O)N1CCCCC1Cn1nc(C)cc1C. The molecule has 1 atom stereocenters. The number of likely N-dealkylation sites (tertiary alicyclic amines) is 1. The Morgan fingerprint density at radius 3 is 2.75 bits per heavy atom. The Morgan fingerprint density at radius 1 is 1.42 bits per heavy atom. The van der Waals surface area contributed by atoms with Crippen molar-refractivity contribution < 1.29 is 9.59 Å². The molecule has 1 aliphatic heterocycles. The zero-order valence-electron chi connectivity index (χ0n) is 15.0. The lowest BCUT2D eigenvalue weighted by atomic mass is 10.0. The molecule has 1 aliphatic rings. The number of amides is 2. The van der Waals surface area contributed by atoms with Gasteiger partial charge in [-0.15, -0.1) is 0 Å². The molecule has 0 bridgehead atoms. The van der Waals surface area contributed by atoms with Crippen LogP contribution in [0.1, 0.15) is 37.6 Å². The molecule has 0 spiro atoms. The molecule has 1 aromatic rings. The van der Waals surface area contributed by atoms with Gasteiger partial charge in [0.1, 0.15) is 6.54 Å². The normalized spacial score (nSPS) is 17.6. The number of carbonyl (C=O) groups is 2. The number of rotatable bonds is 6. The number of hydrogen-bond acceptors (Lipinski definition) is 3. The van der Waals surface area contributed by atoms with Gasteiger partial charge in [0.25, 0.3) is 0 Å². The molecule has 0 radical (unpaired) electrons. The van der Waals surface area contributed by atoms with E-state index in [2.05, 4.69) is 17.7 Å². The first-order valence-electron chi connectivity index (χ1n) is 8.68. The van der Waals surface area contributed by atoms with Crippen LogP contribution in [0, 0.1) is 13.8 Å². The number of carbonyl (C=O) groups excluding carboxylic acids is 2. The van der Waals surface area contributed by atoms with Gasteiger partial charge in [-0.25, -0.2) is 0 Å². The minimum atomic E-state index is -0.196. The van der Waals surface area contributed by atoms with E-state index in [4.69, 9.17) is 0 Å². The molecule has 0 aromatic carbocycles. The van der Waals surface area contributed by atoms with Crippen molar-refractivity contribution in [1.82, 2.24) is 19.6 Å². The average molecular weight is 332 g/mol. The number of likely N-dealkylation sites (N-methyl/N-ethyl adjacent to an activating group) is 1. The highest BCUT2D eigenvalue weighted by Crippen LogP contribution is 2.20. The Hall–Kier alpha value is -2.11. The smallest absolute Gasteiger partial charge is 0.246 e. The van der Waals surface area contributed by atoms with E-state index in [0.717, 1.165) is 37.2 Å². The van der Waals surface area contributed by atoms with Crippen LogP contribution in [0.5, 0.6) is 0 Å². The van der Waals surface area contributed by atoms with Gasteiger partial charge in [-0.05, 0) is 52.2 Å². The van der Waals surface area contributed by atoms with Crippen LogP contribution in [0.2, 0.25) is 0 Å². The molecule has 132 valence electrons. The highest BCUT2D eigenvalue weighted by Gasteiger charge is 2.29. The monoisotopic (exact) mass is 332 g/mol. The molecule has 0 aliphatic carbocycles. The number of hydrogen-bond donors (Lipinski definition) is 0. The van der Waals surface area contributed by atoms with E-state index in [1.165, 1.54) is 11.0 Å². The van der Waals surface area contributed by atoms with Crippen LogP contribution in [-0.2, 0) is 16.1 Å². The molecule has 1 fully saturated rings. The first-order valence-corrected chi connectivity index (χ1v) is 8.68. The highest BCUT2D eigenvalue weighted by molar-refractivity contribution is 5.91. The summed E-state index contributed by atoms with van der Waals surface area (Å²) >= 11 is 0. The second-order valence-electron chi connectivity index (χ2n) is 6.40. The predicted octanol–water partition coefficient (Wildman–Crippen LogP) is 1.92. The largest absolute Gasteiger partial charge is 0.336 e. The maximum atomic E-state index is 12.7. The molecule has 1 aromatic heterocycles. The molecule has 0 saturated carbocycles. The molecule has 2 heterocycles. The van der Waals surface area contributed by atoms with E-state index in [-0.39, 0.29) is 24.4 Å². The van der Waals surface area contributed by atoms with E-state index in [1.54, 1.807) is 0 Å². The fourth-order valence-electron chi connectivity index (χ4n) is 3.31. The Labute approximate surface area is 144 Å². The third-order valence-electron chi connectivity index (χ3n) is 4.63. The summed E-state index contributed by atoms with van der Waals surface area (Å²) in [5.41, 5.74) is 2.11. The maximum absolute atomic E-state index is 12.7. The number of nitrogens with zero attached hydrogens (tertiary/aromatic N) is 4. The van der Waals surface area contributed by atoms with Crippen molar-refractivity contribution >= 4 is 11.8 Å². The second kappa shape index (κ2) is 8.13. The molecule has 1 saturated heterocycles. The van der Waals surface area contributed by atoms with Crippen molar-refractivity contribution in [2.45, 2.75) is 52.6 Å².